The summed E-state index contributed by atoms with van der Waals surface area (Å²) in [7, 11) is 0. The van der Waals surface area contributed by atoms with Crippen LogP contribution in [0.3, 0.4) is 0 Å². The number of aldehydes is 1. The molecule has 0 radical (unpaired) electrons. The van der Waals surface area contributed by atoms with Gasteiger partial charge in [0.05, 0.1) is 0 Å². The van der Waals surface area contributed by atoms with E-state index >= 15 is 0 Å². The lowest BCUT2D eigenvalue weighted by Gasteiger charge is -2.21. The normalized spacial score (nSPS) is 15.9. The molecule has 0 N–H and O–H groups in total. The predicted octanol–water partition coefficient (Wildman–Crippen LogP) is 2.07. The van der Waals surface area contributed by atoms with Gasteiger partial charge in [-0.15, -0.1) is 0 Å². The van der Waals surface area contributed by atoms with Crippen LogP contribution in [-0.4, -0.2) is 19.5 Å². The van der Waals surface area contributed by atoms with Crippen LogP contribution in [0.15, 0.2) is 12.1 Å². The predicted molar refractivity (Wildman–Crippen MR) is 56.6 cm³/mol. The molecule has 15 heavy (non-hydrogen) atoms. The molecule has 0 saturated heterocycles. The average Bonchev–Trinajstić information content (AvgIpc) is 2.27. The first kappa shape index (κ1) is 10.0. The van der Waals surface area contributed by atoms with Gasteiger partial charge < -0.3 is 14.3 Å². The Labute approximate surface area is 89.0 Å². The number of rotatable bonds is 2. The summed E-state index contributed by atoms with van der Waals surface area (Å²) < 4.78 is 10.9. The maximum absolute atomic E-state index is 10.8. The third-order valence-corrected chi connectivity index (χ3v) is 2.63. The molecule has 2 rings (SSSR count). The zero-order chi connectivity index (χ0) is 10.8. The molecule has 3 heteroatoms. The number of carbonyl (C=O) groups is 1. The van der Waals surface area contributed by atoms with Crippen molar-refractivity contribution < 1.29 is 14.3 Å². The van der Waals surface area contributed by atoms with Crippen molar-refractivity contribution in [2.75, 3.05) is 13.2 Å². The lowest BCUT2D eigenvalue weighted by molar-refractivity contribution is -0.108. The van der Waals surface area contributed by atoms with E-state index in [1.807, 2.05) is 26.0 Å². The first-order valence-corrected chi connectivity index (χ1v) is 5.08. The number of hydrogen-bond donors (Lipinski definition) is 0. The molecule has 1 atom stereocenters. The Bertz CT molecular complexity index is 385. The lowest BCUT2D eigenvalue weighted by Crippen LogP contribution is -2.16. The first-order chi connectivity index (χ1) is 7.22. The standard InChI is InChI=1S/C12H14O3/c1-8-5-11-12(15-4-3-14-11)6-10(8)9(2)7-13/h5-7,9H,3-4H2,1-2H3. The fraction of sp³-hybridized carbons (Fsp3) is 0.417. The van der Waals surface area contributed by atoms with Gasteiger partial charge in [-0.3, -0.25) is 0 Å². The van der Waals surface area contributed by atoms with E-state index in [1.54, 1.807) is 0 Å². The fourth-order valence-corrected chi connectivity index (χ4v) is 1.77. The second kappa shape index (κ2) is 3.93. The van der Waals surface area contributed by atoms with Gasteiger partial charge in [-0.1, -0.05) is 6.92 Å². The van der Waals surface area contributed by atoms with E-state index in [0.717, 1.165) is 28.9 Å². The summed E-state index contributed by atoms with van der Waals surface area (Å²) in [6.07, 6.45) is 0.943. The molecule has 0 spiro atoms. The Morgan fingerprint density at radius 1 is 1.27 bits per heavy atom. The highest BCUT2D eigenvalue weighted by Gasteiger charge is 2.16. The molecule has 1 aromatic rings. The third-order valence-electron chi connectivity index (χ3n) is 2.63. The van der Waals surface area contributed by atoms with Crippen molar-refractivity contribution in [1.29, 1.82) is 0 Å². The van der Waals surface area contributed by atoms with E-state index in [1.165, 1.54) is 0 Å². The summed E-state index contributed by atoms with van der Waals surface area (Å²) >= 11 is 0. The zero-order valence-electron chi connectivity index (χ0n) is 8.95. The van der Waals surface area contributed by atoms with E-state index in [2.05, 4.69) is 0 Å². The Hall–Kier alpha value is -1.51. The summed E-state index contributed by atoms with van der Waals surface area (Å²) in [6.45, 7) is 5.03. The van der Waals surface area contributed by atoms with Gasteiger partial charge in [0.15, 0.2) is 11.5 Å². The Kier molecular flexibility index (Phi) is 2.62. The van der Waals surface area contributed by atoms with Crippen molar-refractivity contribution in [3.05, 3.63) is 23.3 Å². The molecular weight excluding hydrogens is 192 g/mol. The number of ether oxygens (including phenoxy) is 2. The number of carbonyl (C=O) groups excluding carboxylic acids is 1. The zero-order valence-corrected chi connectivity index (χ0v) is 8.95. The van der Waals surface area contributed by atoms with Crippen molar-refractivity contribution in [3.63, 3.8) is 0 Å². The molecule has 0 bridgehead atoms. The Balaban J connectivity index is 2.44. The Morgan fingerprint density at radius 3 is 2.47 bits per heavy atom. The number of fused-ring (bicyclic) bond motifs is 1. The van der Waals surface area contributed by atoms with Crippen LogP contribution in [0.5, 0.6) is 11.5 Å². The minimum atomic E-state index is -0.0965. The molecule has 0 aliphatic carbocycles. The highest BCUT2D eigenvalue weighted by Crippen LogP contribution is 2.35. The van der Waals surface area contributed by atoms with Gasteiger partial charge >= 0.3 is 0 Å². The minimum Gasteiger partial charge on any atom is -0.486 e. The van der Waals surface area contributed by atoms with Crippen molar-refractivity contribution in [2.45, 2.75) is 19.8 Å². The smallest absolute Gasteiger partial charge is 0.161 e. The SMILES string of the molecule is Cc1cc2c(cc1C(C)C=O)OCCO2. The number of benzene rings is 1. The van der Waals surface area contributed by atoms with E-state index in [9.17, 15) is 4.79 Å². The van der Waals surface area contributed by atoms with Crippen LogP contribution in [0.4, 0.5) is 0 Å². The van der Waals surface area contributed by atoms with E-state index < -0.39 is 0 Å². The van der Waals surface area contributed by atoms with Gasteiger partial charge in [-0.2, -0.15) is 0 Å². The molecule has 0 fully saturated rings. The molecule has 3 nitrogen and oxygen atoms in total. The van der Waals surface area contributed by atoms with Gasteiger partial charge in [0.2, 0.25) is 0 Å². The summed E-state index contributed by atoms with van der Waals surface area (Å²) in [4.78, 5) is 10.8. The van der Waals surface area contributed by atoms with Crippen LogP contribution in [0.2, 0.25) is 0 Å². The fourth-order valence-electron chi connectivity index (χ4n) is 1.77. The van der Waals surface area contributed by atoms with Crippen LogP contribution >= 0.6 is 0 Å². The summed E-state index contributed by atoms with van der Waals surface area (Å²) in [5.41, 5.74) is 2.08. The molecule has 0 aromatic heterocycles. The molecule has 1 heterocycles. The quantitative estimate of drug-likeness (QED) is 0.695. The van der Waals surface area contributed by atoms with E-state index in [4.69, 9.17) is 9.47 Å². The number of hydrogen-bond acceptors (Lipinski definition) is 3. The van der Waals surface area contributed by atoms with E-state index in [-0.39, 0.29) is 5.92 Å². The van der Waals surface area contributed by atoms with E-state index in [0.29, 0.717) is 13.2 Å². The largest absolute Gasteiger partial charge is 0.486 e. The third kappa shape index (κ3) is 1.82. The van der Waals surface area contributed by atoms with Crippen LogP contribution in [0, 0.1) is 6.92 Å². The van der Waals surface area contributed by atoms with Gasteiger partial charge in [0.25, 0.3) is 0 Å². The summed E-state index contributed by atoms with van der Waals surface area (Å²) in [5, 5.41) is 0. The average molecular weight is 206 g/mol. The van der Waals surface area contributed by atoms with Crippen molar-refractivity contribution >= 4 is 6.29 Å². The van der Waals surface area contributed by atoms with Gasteiger partial charge in [0, 0.05) is 5.92 Å². The highest BCUT2D eigenvalue weighted by atomic mass is 16.6. The lowest BCUT2D eigenvalue weighted by atomic mass is 9.97. The second-order valence-corrected chi connectivity index (χ2v) is 3.78. The summed E-state index contributed by atoms with van der Waals surface area (Å²) in [6, 6.07) is 3.84. The molecule has 1 aromatic carbocycles. The van der Waals surface area contributed by atoms with Crippen LogP contribution in [-0.2, 0) is 4.79 Å². The molecule has 0 saturated carbocycles. The first-order valence-electron chi connectivity index (χ1n) is 5.08. The van der Waals surface area contributed by atoms with Crippen molar-refractivity contribution in [2.24, 2.45) is 0 Å². The Morgan fingerprint density at radius 2 is 1.87 bits per heavy atom. The number of aryl methyl sites for hydroxylation is 1. The van der Waals surface area contributed by atoms with Gasteiger partial charge in [-0.05, 0) is 30.2 Å². The molecule has 1 unspecified atom stereocenters. The molecular formula is C12H14O3. The molecule has 1 aliphatic rings. The maximum Gasteiger partial charge on any atom is 0.161 e. The summed E-state index contributed by atoms with van der Waals surface area (Å²) in [5.74, 6) is 1.43. The van der Waals surface area contributed by atoms with Crippen LogP contribution in [0.25, 0.3) is 0 Å². The molecule has 80 valence electrons. The van der Waals surface area contributed by atoms with Crippen LogP contribution in [0.1, 0.15) is 24.0 Å². The van der Waals surface area contributed by atoms with Crippen LogP contribution < -0.4 is 9.47 Å². The van der Waals surface area contributed by atoms with Gasteiger partial charge in [-0.25, -0.2) is 0 Å². The second-order valence-electron chi connectivity index (χ2n) is 3.78. The minimum absolute atomic E-state index is 0.0965. The monoisotopic (exact) mass is 206 g/mol. The highest BCUT2D eigenvalue weighted by molar-refractivity contribution is 5.64. The topological polar surface area (TPSA) is 35.5 Å². The molecule has 0 amide bonds. The van der Waals surface area contributed by atoms with Gasteiger partial charge in [0.1, 0.15) is 19.5 Å². The maximum atomic E-state index is 10.8. The van der Waals surface area contributed by atoms with Crippen molar-refractivity contribution in [1.82, 2.24) is 0 Å². The van der Waals surface area contributed by atoms with Crippen molar-refractivity contribution in [3.8, 4) is 11.5 Å². The molecule has 1 aliphatic heterocycles.